The lowest BCUT2D eigenvalue weighted by atomic mass is 10.2. The molecule has 0 aliphatic heterocycles. The molecule has 0 radical (unpaired) electrons. The molecule has 0 aliphatic rings. The minimum atomic E-state index is -4.39. The van der Waals surface area contributed by atoms with Crippen molar-refractivity contribution in [2.45, 2.75) is 18.6 Å². The Balaban J connectivity index is 2.87. The molecule has 84 valence electrons. The van der Waals surface area contributed by atoms with Crippen LogP contribution in [0.1, 0.15) is 22.3 Å². The topological polar surface area (TPSA) is 50.9 Å². The molecule has 0 bridgehead atoms. The van der Waals surface area contributed by atoms with E-state index in [9.17, 15) is 13.2 Å². The number of nitrogens with two attached hydrogens (primary N) is 1. The smallest absolute Gasteiger partial charge is 0.271 e. The zero-order chi connectivity index (χ0) is 11.5. The van der Waals surface area contributed by atoms with Gasteiger partial charge >= 0.3 is 6.18 Å². The van der Waals surface area contributed by atoms with E-state index in [-0.39, 0.29) is 6.04 Å². The summed E-state index contributed by atoms with van der Waals surface area (Å²) in [5, 5.41) is -0.859. The molecule has 0 saturated heterocycles. The van der Waals surface area contributed by atoms with Crippen molar-refractivity contribution in [1.82, 2.24) is 10.4 Å². The van der Waals surface area contributed by atoms with Gasteiger partial charge in [0.1, 0.15) is 0 Å². The van der Waals surface area contributed by atoms with Crippen molar-refractivity contribution in [3.63, 3.8) is 0 Å². The van der Waals surface area contributed by atoms with Crippen molar-refractivity contribution in [3.05, 3.63) is 28.7 Å². The second-order valence-corrected chi connectivity index (χ2v) is 3.87. The van der Waals surface area contributed by atoms with E-state index in [4.69, 9.17) is 5.84 Å². The van der Waals surface area contributed by atoms with Crippen molar-refractivity contribution in [3.8, 4) is 0 Å². The first-order valence-corrected chi connectivity index (χ1v) is 4.90. The van der Waals surface area contributed by atoms with Crippen LogP contribution in [0.25, 0.3) is 0 Å². The fourth-order valence-corrected chi connectivity index (χ4v) is 1.87. The molecule has 1 aromatic heterocycles. The summed E-state index contributed by atoms with van der Waals surface area (Å²) in [6, 6.07) is -0.365. The minimum Gasteiger partial charge on any atom is -0.271 e. The number of aromatic nitrogens is 1. The molecule has 1 aromatic rings. The largest absolute Gasteiger partial charge is 0.443 e. The first-order chi connectivity index (χ1) is 6.99. The van der Waals surface area contributed by atoms with Crippen LogP contribution < -0.4 is 11.3 Å². The van der Waals surface area contributed by atoms with Crippen molar-refractivity contribution in [2.75, 3.05) is 0 Å². The second kappa shape index (κ2) is 4.73. The van der Waals surface area contributed by atoms with Gasteiger partial charge in [-0.3, -0.25) is 11.3 Å². The van der Waals surface area contributed by atoms with Crippen LogP contribution in [0, 0.1) is 0 Å². The summed E-state index contributed by atoms with van der Waals surface area (Å²) in [5.74, 6) is 5.21. The highest BCUT2D eigenvalue weighted by Gasteiger charge is 2.35. The molecular weight excluding hydrogens is 227 g/mol. The monoisotopic (exact) mass is 237 g/mol. The van der Waals surface area contributed by atoms with Crippen LogP contribution in [-0.2, 0) is 6.18 Å². The van der Waals surface area contributed by atoms with Gasteiger partial charge in [0.05, 0.1) is 6.04 Å². The molecular formula is C8H10F3N3S. The van der Waals surface area contributed by atoms with Crippen molar-refractivity contribution in [1.29, 1.82) is 0 Å². The third-order valence-electron chi connectivity index (χ3n) is 1.71. The highest BCUT2D eigenvalue weighted by atomic mass is 32.1. The van der Waals surface area contributed by atoms with Gasteiger partial charge < -0.3 is 0 Å². The normalized spacial score (nSPS) is 13.9. The first kappa shape index (κ1) is 12.2. The molecule has 1 rings (SSSR count). The molecule has 7 heteroatoms. The highest BCUT2D eigenvalue weighted by Crippen LogP contribution is 2.34. The summed E-state index contributed by atoms with van der Waals surface area (Å²) in [6.07, 6.45) is -1.18. The second-order valence-electron chi connectivity index (χ2n) is 2.81. The molecule has 1 heterocycles. The van der Waals surface area contributed by atoms with Crippen LogP contribution in [-0.4, -0.2) is 4.98 Å². The fourth-order valence-electron chi connectivity index (χ4n) is 1.01. The Labute approximate surface area is 88.8 Å². The minimum absolute atomic E-state index is 0.365. The van der Waals surface area contributed by atoms with Crippen LogP contribution in [0.4, 0.5) is 13.2 Å². The molecule has 3 nitrogen and oxygen atoms in total. The number of nitrogens with one attached hydrogen (secondary N) is 1. The number of hydrogen-bond donors (Lipinski definition) is 2. The van der Waals surface area contributed by atoms with Gasteiger partial charge in [0, 0.05) is 11.1 Å². The molecule has 15 heavy (non-hydrogen) atoms. The number of thiazole rings is 1. The van der Waals surface area contributed by atoms with Gasteiger partial charge in [0.15, 0.2) is 5.01 Å². The molecule has 3 N–H and O–H groups in total. The summed E-state index contributed by atoms with van der Waals surface area (Å²) in [4.78, 5) is 3.75. The van der Waals surface area contributed by atoms with Crippen molar-refractivity contribution >= 4 is 11.3 Å². The Morgan fingerprint density at radius 3 is 2.73 bits per heavy atom. The summed E-state index contributed by atoms with van der Waals surface area (Å²) >= 11 is 0.586. The van der Waals surface area contributed by atoms with Gasteiger partial charge in [0.25, 0.3) is 0 Å². The maximum atomic E-state index is 12.2. The van der Waals surface area contributed by atoms with Gasteiger partial charge in [0.2, 0.25) is 0 Å². The van der Waals surface area contributed by atoms with E-state index >= 15 is 0 Å². The molecule has 0 aromatic carbocycles. The van der Waals surface area contributed by atoms with Crippen LogP contribution >= 0.6 is 11.3 Å². The van der Waals surface area contributed by atoms with E-state index in [1.807, 2.05) is 0 Å². The number of rotatable bonds is 4. The molecule has 0 aliphatic carbocycles. The Morgan fingerprint density at radius 1 is 1.67 bits per heavy atom. The van der Waals surface area contributed by atoms with E-state index < -0.39 is 11.2 Å². The summed E-state index contributed by atoms with van der Waals surface area (Å²) in [7, 11) is 0. The van der Waals surface area contributed by atoms with E-state index in [1.165, 1.54) is 6.20 Å². The summed E-state index contributed by atoms with van der Waals surface area (Å²) < 4.78 is 36.7. The average molecular weight is 237 g/mol. The van der Waals surface area contributed by atoms with Crippen LogP contribution in [0.2, 0.25) is 0 Å². The third-order valence-corrected chi connectivity index (χ3v) is 2.87. The number of halogens is 3. The SMILES string of the molecule is C=CCC(NN)c1cnc(C(F)(F)F)s1. The Morgan fingerprint density at radius 2 is 2.33 bits per heavy atom. The van der Waals surface area contributed by atoms with Crippen LogP contribution in [0.5, 0.6) is 0 Å². The maximum absolute atomic E-state index is 12.2. The molecule has 0 fully saturated rings. The van der Waals surface area contributed by atoms with E-state index in [0.717, 1.165) is 0 Å². The van der Waals surface area contributed by atoms with E-state index in [1.54, 1.807) is 6.08 Å². The zero-order valence-corrected chi connectivity index (χ0v) is 8.53. The molecule has 0 saturated carbocycles. The Bertz CT molecular complexity index is 334. The summed E-state index contributed by atoms with van der Waals surface area (Å²) in [5.41, 5.74) is 2.42. The van der Waals surface area contributed by atoms with Crippen LogP contribution in [0.15, 0.2) is 18.9 Å². The zero-order valence-electron chi connectivity index (χ0n) is 7.71. The number of hydrazine groups is 1. The van der Waals surface area contributed by atoms with E-state index in [2.05, 4.69) is 17.0 Å². The van der Waals surface area contributed by atoms with Gasteiger partial charge in [-0.05, 0) is 6.42 Å². The van der Waals surface area contributed by atoms with Crippen molar-refractivity contribution in [2.24, 2.45) is 5.84 Å². The van der Waals surface area contributed by atoms with E-state index in [0.29, 0.717) is 22.6 Å². The van der Waals surface area contributed by atoms with Gasteiger partial charge in [-0.1, -0.05) is 6.08 Å². The maximum Gasteiger partial charge on any atom is 0.443 e. The van der Waals surface area contributed by atoms with Gasteiger partial charge in [-0.2, -0.15) is 13.2 Å². The summed E-state index contributed by atoms with van der Waals surface area (Å²) in [6.45, 7) is 3.50. The van der Waals surface area contributed by atoms with Crippen molar-refractivity contribution < 1.29 is 13.2 Å². The van der Waals surface area contributed by atoms with Crippen LogP contribution in [0.3, 0.4) is 0 Å². The number of nitrogens with zero attached hydrogens (tertiary/aromatic N) is 1. The number of alkyl halides is 3. The fraction of sp³-hybridized carbons (Fsp3) is 0.375. The molecule has 0 spiro atoms. The molecule has 0 amide bonds. The quantitative estimate of drug-likeness (QED) is 0.479. The lowest BCUT2D eigenvalue weighted by molar-refractivity contribution is -0.137. The predicted molar refractivity (Wildman–Crippen MR) is 52.0 cm³/mol. The Kier molecular flexibility index (Phi) is 3.83. The lowest BCUT2D eigenvalue weighted by Crippen LogP contribution is -2.26. The van der Waals surface area contributed by atoms with Gasteiger partial charge in [-0.25, -0.2) is 4.98 Å². The molecule has 1 atom stereocenters. The lowest BCUT2D eigenvalue weighted by Gasteiger charge is -2.10. The Hall–Kier alpha value is -0.920. The first-order valence-electron chi connectivity index (χ1n) is 4.09. The highest BCUT2D eigenvalue weighted by molar-refractivity contribution is 7.11. The average Bonchev–Trinajstić information content (AvgIpc) is 2.62. The third kappa shape index (κ3) is 3.01. The standard InChI is InChI=1S/C8H10F3N3S/c1-2-3-5(14-12)6-4-13-7(15-6)8(9,10)11/h2,4-5,14H,1,3,12H2. The number of hydrogen-bond acceptors (Lipinski definition) is 4. The molecule has 1 unspecified atom stereocenters. The van der Waals surface area contributed by atoms with Gasteiger partial charge in [-0.15, -0.1) is 17.9 Å². The predicted octanol–water partition coefficient (Wildman–Crippen LogP) is 2.24.